The van der Waals surface area contributed by atoms with Gasteiger partial charge in [0, 0.05) is 11.6 Å². The van der Waals surface area contributed by atoms with Gasteiger partial charge < -0.3 is 5.32 Å². The second-order valence-corrected chi connectivity index (χ2v) is 5.54. The van der Waals surface area contributed by atoms with Crippen molar-refractivity contribution < 1.29 is 0 Å². The van der Waals surface area contributed by atoms with E-state index in [-0.39, 0.29) is 0 Å². The summed E-state index contributed by atoms with van der Waals surface area (Å²) in [6, 6.07) is 17.7. The van der Waals surface area contributed by atoms with E-state index in [4.69, 9.17) is 23.8 Å². The maximum Gasteiger partial charge on any atom is 0.187 e. The predicted molar refractivity (Wildman–Crippen MR) is 97.3 cm³/mol. The first kappa shape index (κ1) is 16.5. The molecule has 0 radical (unpaired) electrons. The molecule has 0 heterocycles. The average molecular weight is 332 g/mol. The summed E-state index contributed by atoms with van der Waals surface area (Å²) in [5.74, 6) is 0. The fraction of sp³-hybridized carbons (Fsp3) is 0.176. The number of thiocarbonyl (C=S) groups is 1. The van der Waals surface area contributed by atoms with Gasteiger partial charge in [0.25, 0.3) is 0 Å². The Balaban J connectivity index is 1.91. The van der Waals surface area contributed by atoms with E-state index in [0.29, 0.717) is 16.7 Å². The smallest absolute Gasteiger partial charge is 0.187 e. The number of hydrogen-bond donors (Lipinski definition) is 2. The predicted octanol–water partition coefficient (Wildman–Crippen LogP) is 4.12. The number of nitrogens with zero attached hydrogens (tertiary/aromatic N) is 1. The lowest BCUT2D eigenvalue weighted by molar-refractivity contribution is 0.864. The first-order valence-electron chi connectivity index (χ1n) is 7.09. The van der Waals surface area contributed by atoms with Crippen molar-refractivity contribution in [3.05, 3.63) is 70.7 Å². The lowest BCUT2D eigenvalue weighted by Crippen LogP contribution is -2.32. The third kappa shape index (κ3) is 5.13. The van der Waals surface area contributed by atoms with E-state index in [0.717, 1.165) is 17.7 Å². The first-order chi connectivity index (χ1) is 10.7. The summed E-state index contributed by atoms with van der Waals surface area (Å²) in [6.45, 7) is 2.72. The van der Waals surface area contributed by atoms with E-state index in [1.165, 1.54) is 5.56 Å². The van der Waals surface area contributed by atoms with Gasteiger partial charge in [0.2, 0.25) is 0 Å². The largest absolute Gasteiger partial charge is 0.357 e. The van der Waals surface area contributed by atoms with Crippen molar-refractivity contribution in [1.82, 2.24) is 10.7 Å². The summed E-state index contributed by atoms with van der Waals surface area (Å²) in [7, 11) is 0. The monoisotopic (exact) mass is 331 g/mol. The zero-order valence-electron chi connectivity index (χ0n) is 12.3. The molecule has 114 valence electrons. The van der Waals surface area contributed by atoms with Crippen LogP contribution in [0, 0.1) is 0 Å². The van der Waals surface area contributed by atoms with Gasteiger partial charge in [-0.1, -0.05) is 61.0 Å². The highest BCUT2D eigenvalue weighted by Gasteiger charge is 2.02. The molecule has 0 fully saturated rings. The topological polar surface area (TPSA) is 36.4 Å². The SMILES string of the molecule is CC/C(=N/NC(=S)NCc1ccccc1)c1ccc(Cl)cc1. The van der Waals surface area contributed by atoms with Crippen LogP contribution in [0.5, 0.6) is 0 Å². The molecule has 0 bridgehead atoms. The summed E-state index contributed by atoms with van der Waals surface area (Å²) < 4.78 is 0. The Bertz CT molecular complexity index is 639. The van der Waals surface area contributed by atoms with Crippen LogP contribution in [0.15, 0.2) is 59.7 Å². The number of halogens is 1. The lowest BCUT2D eigenvalue weighted by Gasteiger charge is -2.09. The normalized spacial score (nSPS) is 11.1. The molecule has 2 aromatic carbocycles. The number of rotatable bonds is 5. The fourth-order valence-electron chi connectivity index (χ4n) is 1.93. The molecule has 0 aliphatic carbocycles. The van der Waals surface area contributed by atoms with Crippen LogP contribution in [0.1, 0.15) is 24.5 Å². The molecule has 5 heteroatoms. The van der Waals surface area contributed by atoms with Gasteiger partial charge in [-0.3, -0.25) is 5.43 Å². The van der Waals surface area contributed by atoms with E-state index in [9.17, 15) is 0 Å². The molecular formula is C17H18ClN3S. The molecule has 0 aromatic heterocycles. The Kier molecular flexibility index (Phi) is 6.37. The number of benzene rings is 2. The summed E-state index contributed by atoms with van der Waals surface area (Å²) in [6.07, 6.45) is 0.802. The first-order valence-corrected chi connectivity index (χ1v) is 7.88. The molecule has 0 aliphatic rings. The number of hydrazone groups is 1. The quantitative estimate of drug-likeness (QED) is 0.491. The summed E-state index contributed by atoms with van der Waals surface area (Å²) >= 11 is 11.1. The van der Waals surface area contributed by atoms with Gasteiger partial charge in [-0.2, -0.15) is 5.10 Å². The third-order valence-electron chi connectivity index (χ3n) is 3.10. The summed E-state index contributed by atoms with van der Waals surface area (Å²) in [5.41, 5.74) is 6.03. The minimum atomic E-state index is 0.503. The van der Waals surface area contributed by atoms with Crippen molar-refractivity contribution in [1.29, 1.82) is 0 Å². The van der Waals surface area contributed by atoms with Gasteiger partial charge in [-0.25, -0.2) is 0 Å². The van der Waals surface area contributed by atoms with Crippen molar-refractivity contribution in [2.75, 3.05) is 0 Å². The molecule has 0 amide bonds. The minimum absolute atomic E-state index is 0.503. The van der Waals surface area contributed by atoms with Crippen LogP contribution in [-0.2, 0) is 6.54 Å². The molecule has 0 saturated heterocycles. The molecule has 0 spiro atoms. The fourth-order valence-corrected chi connectivity index (χ4v) is 2.17. The second kappa shape index (κ2) is 8.51. The van der Waals surface area contributed by atoms with E-state index >= 15 is 0 Å². The molecule has 0 saturated carbocycles. The average Bonchev–Trinajstić information content (AvgIpc) is 2.56. The van der Waals surface area contributed by atoms with Crippen LogP contribution in [-0.4, -0.2) is 10.8 Å². The Hall–Kier alpha value is -1.91. The van der Waals surface area contributed by atoms with Crippen LogP contribution in [0.3, 0.4) is 0 Å². The Morgan fingerprint density at radius 1 is 1.09 bits per heavy atom. The Labute approximate surface area is 141 Å². The molecule has 2 aromatic rings. The molecule has 0 unspecified atom stereocenters. The van der Waals surface area contributed by atoms with Crippen LogP contribution in [0.25, 0.3) is 0 Å². The Morgan fingerprint density at radius 2 is 1.77 bits per heavy atom. The van der Waals surface area contributed by atoms with Gasteiger partial charge in [0.05, 0.1) is 5.71 Å². The van der Waals surface area contributed by atoms with E-state index in [1.54, 1.807) is 0 Å². The van der Waals surface area contributed by atoms with Crippen molar-refractivity contribution >= 4 is 34.6 Å². The maximum atomic E-state index is 5.90. The zero-order chi connectivity index (χ0) is 15.8. The second-order valence-electron chi connectivity index (χ2n) is 4.70. The van der Waals surface area contributed by atoms with Crippen molar-refractivity contribution in [3.63, 3.8) is 0 Å². The third-order valence-corrected chi connectivity index (χ3v) is 3.59. The molecule has 0 aliphatic heterocycles. The van der Waals surface area contributed by atoms with Crippen molar-refractivity contribution in [3.8, 4) is 0 Å². The standard InChI is InChI=1S/C17H18ClN3S/c1-2-16(14-8-10-15(18)11-9-14)20-21-17(22)19-12-13-6-4-3-5-7-13/h3-11H,2,12H2,1H3,(H2,19,21,22)/b20-16-. The van der Waals surface area contributed by atoms with Gasteiger partial charge in [-0.15, -0.1) is 0 Å². The maximum absolute atomic E-state index is 5.90. The highest BCUT2D eigenvalue weighted by molar-refractivity contribution is 7.80. The van der Waals surface area contributed by atoms with Gasteiger partial charge in [0.15, 0.2) is 5.11 Å². The van der Waals surface area contributed by atoms with E-state index in [2.05, 4.69) is 22.8 Å². The number of nitrogens with one attached hydrogen (secondary N) is 2. The summed E-state index contributed by atoms with van der Waals surface area (Å²) in [5, 5.41) is 8.72. The molecule has 22 heavy (non-hydrogen) atoms. The van der Waals surface area contributed by atoms with Crippen molar-refractivity contribution in [2.24, 2.45) is 5.10 Å². The molecular weight excluding hydrogens is 314 g/mol. The van der Waals surface area contributed by atoms with E-state index in [1.807, 2.05) is 54.6 Å². The van der Waals surface area contributed by atoms with Crippen molar-refractivity contribution in [2.45, 2.75) is 19.9 Å². The highest BCUT2D eigenvalue weighted by atomic mass is 35.5. The van der Waals surface area contributed by atoms with Gasteiger partial charge in [0.1, 0.15) is 0 Å². The Morgan fingerprint density at radius 3 is 2.41 bits per heavy atom. The zero-order valence-corrected chi connectivity index (χ0v) is 13.9. The molecule has 2 rings (SSSR count). The summed E-state index contributed by atoms with van der Waals surface area (Å²) in [4.78, 5) is 0. The van der Waals surface area contributed by atoms with Crippen LogP contribution < -0.4 is 10.7 Å². The highest BCUT2D eigenvalue weighted by Crippen LogP contribution is 2.11. The van der Waals surface area contributed by atoms with Crippen LogP contribution >= 0.6 is 23.8 Å². The van der Waals surface area contributed by atoms with E-state index < -0.39 is 0 Å². The molecule has 3 nitrogen and oxygen atoms in total. The van der Waals surface area contributed by atoms with Gasteiger partial charge in [-0.05, 0) is 41.9 Å². The van der Waals surface area contributed by atoms with Gasteiger partial charge >= 0.3 is 0 Å². The molecule has 2 N–H and O–H groups in total. The van der Waals surface area contributed by atoms with Crippen LogP contribution in [0.4, 0.5) is 0 Å². The molecule has 0 atom stereocenters. The number of hydrogen-bond acceptors (Lipinski definition) is 2. The van der Waals surface area contributed by atoms with Crippen LogP contribution in [0.2, 0.25) is 5.02 Å². The lowest BCUT2D eigenvalue weighted by atomic mass is 10.1. The minimum Gasteiger partial charge on any atom is -0.357 e.